The Kier molecular flexibility index (Phi) is 6.84. The molecule has 2 aliphatic rings. The minimum Gasteiger partial charge on any atom is -0.144 e. The van der Waals surface area contributed by atoms with Gasteiger partial charge in [-0.1, -0.05) is 74.1 Å². The quantitative estimate of drug-likeness (QED) is 0.468. The third kappa shape index (κ3) is 4.27. The van der Waals surface area contributed by atoms with Crippen molar-refractivity contribution in [1.82, 2.24) is 0 Å². The summed E-state index contributed by atoms with van der Waals surface area (Å²) in [5.41, 5.74) is 2.06. The number of rotatable bonds is 5. The maximum absolute atomic E-state index is 2.68. The Morgan fingerprint density at radius 1 is 0.792 bits per heavy atom. The van der Waals surface area contributed by atoms with Crippen molar-refractivity contribution < 1.29 is 0 Å². The molecule has 0 N–H and O–H groups in total. The van der Waals surface area contributed by atoms with Crippen LogP contribution in [0.4, 0.5) is 0 Å². The van der Waals surface area contributed by atoms with Gasteiger partial charge < -0.3 is 0 Å². The van der Waals surface area contributed by atoms with Gasteiger partial charge in [-0.25, -0.2) is 0 Å². The van der Waals surface area contributed by atoms with E-state index in [4.69, 9.17) is 0 Å². The first-order chi connectivity index (χ1) is 11.6. The molecule has 1 heterocycles. The monoisotopic (exact) mass is 364 g/mol. The van der Waals surface area contributed by atoms with Crippen LogP contribution in [-0.4, -0.2) is 11.3 Å². The minimum atomic E-state index is 0.0611. The average molecular weight is 365 g/mol. The molecule has 0 bridgehead atoms. The van der Waals surface area contributed by atoms with Crippen molar-refractivity contribution in [3.05, 3.63) is 15.8 Å². The molecule has 2 fully saturated rings. The molecule has 2 heteroatoms. The number of hydrogen-bond acceptors (Lipinski definition) is 1. The van der Waals surface area contributed by atoms with Crippen LogP contribution in [0.15, 0.2) is 6.07 Å². The maximum atomic E-state index is 2.68. The highest BCUT2D eigenvalue weighted by Gasteiger charge is 2.34. The topological polar surface area (TPSA) is 0 Å². The lowest BCUT2D eigenvalue weighted by molar-refractivity contribution is 0.487. The largest absolute Gasteiger partial charge is 0.144 e. The smallest absolute Gasteiger partial charge is 0.0151 e. The van der Waals surface area contributed by atoms with E-state index in [1.165, 1.54) is 64.2 Å². The van der Waals surface area contributed by atoms with Crippen molar-refractivity contribution >= 4 is 24.6 Å². The summed E-state index contributed by atoms with van der Waals surface area (Å²) in [5, 5.41) is 1.85. The Morgan fingerprint density at radius 3 is 1.71 bits per heavy atom. The molecule has 0 unspecified atom stereocenters. The van der Waals surface area contributed by atoms with Crippen LogP contribution in [0.2, 0.25) is 0 Å². The van der Waals surface area contributed by atoms with E-state index in [2.05, 4.69) is 45.1 Å². The van der Waals surface area contributed by atoms with E-state index in [-0.39, 0.29) is 7.92 Å². The lowest BCUT2D eigenvalue weighted by Crippen LogP contribution is -2.27. The molecule has 1 aromatic heterocycles. The molecule has 2 aliphatic carbocycles. The summed E-state index contributed by atoms with van der Waals surface area (Å²) in [6, 6.07) is 2.68. The fraction of sp³-hybridized carbons (Fsp3) is 0.818. The second-order valence-electron chi connectivity index (χ2n) is 8.70. The second-order valence-corrected chi connectivity index (χ2v) is 12.6. The second kappa shape index (κ2) is 8.68. The van der Waals surface area contributed by atoms with E-state index in [0.29, 0.717) is 11.8 Å². The highest BCUT2D eigenvalue weighted by atomic mass is 32.1. The van der Waals surface area contributed by atoms with Crippen LogP contribution in [0.5, 0.6) is 0 Å². The summed E-state index contributed by atoms with van der Waals surface area (Å²) in [4.78, 5) is 3.40. The third-order valence-electron chi connectivity index (χ3n) is 6.07. The molecule has 0 spiro atoms. The maximum Gasteiger partial charge on any atom is 0.0151 e. The van der Waals surface area contributed by atoms with Gasteiger partial charge in [0.15, 0.2) is 0 Å². The molecule has 24 heavy (non-hydrogen) atoms. The lowest BCUT2D eigenvalue weighted by atomic mass is 9.99. The van der Waals surface area contributed by atoms with Crippen LogP contribution < -0.4 is 5.30 Å². The van der Waals surface area contributed by atoms with Gasteiger partial charge in [0.2, 0.25) is 0 Å². The van der Waals surface area contributed by atoms with Gasteiger partial charge in [-0.3, -0.25) is 0 Å². The Labute approximate surface area is 155 Å². The highest BCUT2D eigenvalue weighted by molar-refractivity contribution is 7.67. The van der Waals surface area contributed by atoms with E-state index in [1.54, 1.807) is 9.75 Å². The van der Waals surface area contributed by atoms with Crippen LogP contribution >= 0.6 is 19.3 Å². The molecule has 136 valence electrons. The first kappa shape index (κ1) is 18.9. The van der Waals surface area contributed by atoms with Gasteiger partial charge in [-0.05, 0) is 60.2 Å². The predicted molar refractivity (Wildman–Crippen MR) is 113 cm³/mol. The van der Waals surface area contributed by atoms with Crippen molar-refractivity contribution in [2.45, 2.75) is 115 Å². The fourth-order valence-electron chi connectivity index (χ4n) is 4.72. The van der Waals surface area contributed by atoms with Crippen molar-refractivity contribution in [3.63, 3.8) is 0 Å². The first-order valence-corrected chi connectivity index (χ1v) is 12.8. The fourth-order valence-corrected chi connectivity index (χ4v) is 10.4. The van der Waals surface area contributed by atoms with Gasteiger partial charge in [-0.2, -0.15) is 0 Å². The third-order valence-corrected chi connectivity index (χ3v) is 11.5. The van der Waals surface area contributed by atoms with Crippen molar-refractivity contribution in [2.75, 3.05) is 0 Å². The number of thiophene rings is 1. The Morgan fingerprint density at radius 2 is 1.29 bits per heavy atom. The zero-order chi connectivity index (χ0) is 17.1. The molecule has 0 aromatic carbocycles. The van der Waals surface area contributed by atoms with E-state index in [0.717, 1.165) is 11.3 Å². The van der Waals surface area contributed by atoms with Crippen LogP contribution in [0.1, 0.15) is 113 Å². The van der Waals surface area contributed by atoms with Crippen molar-refractivity contribution in [1.29, 1.82) is 0 Å². The molecule has 1 aromatic rings. The summed E-state index contributed by atoms with van der Waals surface area (Å²) in [6.45, 7) is 9.61. The molecule has 0 aliphatic heterocycles. The molecule has 2 saturated carbocycles. The lowest BCUT2D eigenvalue weighted by Gasteiger charge is -2.39. The van der Waals surface area contributed by atoms with E-state index < -0.39 is 0 Å². The SMILES string of the molecule is CC(C)c1cc(P(C2CCCCC2)C2CCCCC2)c(C(C)C)s1. The molecule has 3 rings (SSSR count). The molecular formula is C22H37PS. The summed E-state index contributed by atoms with van der Waals surface area (Å²) >= 11 is 2.15. The average Bonchev–Trinajstić information content (AvgIpc) is 3.03. The van der Waals surface area contributed by atoms with Crippen molar-refractivity contribution in [2.24, 2.45) is 0 Å². The predicted octanol–water partition coefficient (Wildman–Crippen LogP) is 7.77. The van der Waals surface area contributed by atoms with E-state index in [9.17, 15) is 0 Å². The van der Waals surface area contributed by atoms with Gasteiger partial charge in [0, 0.05) is 9.75 Å². The number of hydrogen-bond donors (Lipinski definition) is 0. The van der Waals surface area contributed by atoms with Crippen LogP contribution in [0.25, 0.3) is 0 Å². The summed E-state index contributed by atoms with van der Waals surface area (Å²) in [5.74, 6) is 1.39. The highest BCUT2D eigenvalue weighted by Crippen LogP contribution is 2.56. The Hall–Kier alpha value is 0.130. The minimum absolute atomic E-state index is 0.0611. The first-order valence-electron chi connectivity index (χ1n) is 10.5. The summed E-state index contributed by atoms with van der Waals surface area (Å²) in [7, 11) is 0.0611. The zero-order valence-electron chi connectivity index (χ0n) is 16.3. The Bertz CT molecular complexity index is 486. The Balaban J connectivity index is 1.97. The van der Waals surface area contributed by atoms with Gasteiger partial charge in [0.25, 0.3) is 0 Å². The molecule has 0 saturated heterocycles. The van der Waals surface area contributed by atoms with Crippen LogP contribution in [0, 0.1) is 0 Å². The van der Waals surface area contributed by atoms with Crippen LogP contribution in [-0.2, 0) is 0 Å². The normalized spacial score (nSPS) is 21.3. The molecule has 0 nitrogen and oxygen atoms in total. The van der Waals surface area contributed by atoms with Gasteiger partial charge in [0.05, 0.1) is 0 Å². The van der Waals surface area contributed by atoms with Gasteiger partial charge in [0.1, 0.15) is 0 Å². The van der Waals surface area contributed by atoms with Gasteiger partial charge in [-0.15, -0.1) is 11.3 Å². The van der Waals surface area contributed by atoms with Gasteiger partial charge >= 0.3 is 0 Å². The summed E-state index contributed by atoms with van der Waals surface area (Å²) in [6.07, 6.45) is 15.0. The van der Waals surface area contributed by atoms with Crippen LogP contribution in [0.3, 0.4) is 0 Å². The van der Waals surface area contributed by atoms with E-state index in [1.807, 2.05) is 5.30 Å². The molecular weight excluding hydrogens is 327 g/mol. The molecule has 0 amide bonds. The molecule has 0 atom stereocenters. The van der Waals surface area contributed by atoms with Crippen molar-refractivity contribution in [3.8, 4) is 0 Å². The molecule has 0 radical (unpaired) electrons. The van der Waals surface area contributed by atoms with E-state index >= 15 is 0 Å². The standard InChI is InChI=1S/C22H37PS/c1-16(2)21-15-20(22(24-21)17(3)4)23(18-11-7-5-8-12-18)19-13-9-6-10-14-19/h15-19H,5-14H2,1-4H3. The summed E-state index contributed by atoms with van der Waals surface area (Å²) < 4.78 is 0. The zero-order valence-corrected chi connectivity index (χ0v) is 18.0.